The van der Waals surface area contributed by atoms with E-state index in [4.69, 9.17) is 18.9 Å². The molecule has 8 nitrogen and oxygen atoms in total. The molecule has 0 aliphatic rings. The van der Waals surface area contributed by atoms with Gasteiger partial charge in [0.2, 0.25) is 5.75 Å². The second kappa shape index (κ2) is 11.1. The molecule has 0 saturated carbocycles. The van der Waals surface area contributed by atoms with Crippen LogP contribution in [0.1, 0.15) is 18.9 Å². The number of rotatable bonds is 9. The van der Waals surface area contributed by atoms with Gasteiger partial charge in [0.05, 0.1) is 25.9 Å². The van der Waals surface area contributed by atoms with E-state index in [0.717, 1.165) is 11.3 Å². The fourth-order valence-corrected chi connectivity index (χ4v) is 3.95. The molecule has 2 aromatic rings. The number of thiazole rings is 1. The van der Waals surface area contributed by atoms with Gasteiger partial charge in [-0.25, -0.2) is 0 Å². The second-order valence-corrected chi connectivity index (χ2v) is 6.98. The molecule has 1 aromatic carbocycles. The van der Waals surface area contributed by atoms with E-state index < -0.39 is 0 Å². The largest absolute Gasteiger partial charge is 0.493 e. The van der Waals surface area contributed by atoms with Gasteiger partial charge in [-0.05, 0) is 31.6 Å². The van der Waals surface area contributed by atoms with Crippen molar-refractivity contribution in [3.63, 3.8) is 0 Å². The number of ether oxygens (including phenoxy) is 4. The number of hydrogen-bond acceptors (Lipinski definition) is 8. The first-order valence-electron chi connectivity index (χ1n) is 9.18. The molecule has 0 spiro atoms. The van der Waals surface area contributed by atoms with Crippen LogP contribution >= 0.6 is 11.3 Å². The van der Waals surface area contributed by atoms with Gasteiger partial charge in [0.15, 0.2) is 17.1 Å². The summed E-state index contributed by atoms with van der Waals surface area (Å²) in [5, 5.41) is 18.6. The van der Waals surface area contributed by atoms with Crippen LogP contribution in [0.5, 0.6) is 17.2 Å². The van der Waals surface area contributed by atoms with Crippen LogP contribution in [0.4, 0.5) is 0 Å². The highest BCUT2D eigenvalue weighted by molar-refractivity contribution is 7.07. The minimum absolute atomic E-state index is 0.104. The van der Waals surface area contributed by atoms with Gasteiger partial charge in [0, 0.05) is 25.3 Å². The Hall–Kier alpha value is -3.27. The molecule has 0 unspecified atom stereocenters. The minimum atomic E-state index is -0.286. The quantitative estimate of drug-likeness (QED) is 0.555. The molecule has 0 bridgehead atoms. The zero-order valence-electron chi connectivity index (χ0n) is 17.4. The third-order valence-electron chi connectivity index (χ3n) is 4.24. The van der Waals surface area contributed by atoms with Gasteiger partial charge in [0.1, 0.15) is 16.8 Å². The van der Waals surface area contributed by atoms with E-state index in [0.29, 0.717) is 58.2 Å². The lowest BCUT2D eigenvalue weighted by Gasteiger charge is -2.13. The SMILES string of the molecule is CCOCCCn1c(=C(C#N)C#N)s/c(=C/c2ccc(OC)c(OC)c2OC)c1=O. The molecule has 0 fully saturated rings. The number of benzene rings is 1. The smallest absolute Gasteiger partial charge is 0.269 e. The molecular formula is C21H23N3O5S. The van der Waals surface area contributed by atoms with Crippen LogP contribution in [0, 0.1) is 22.7 Å². The second-order valence-electron chi connectivity index (χ2n) is 5.95. The van der Waals surface area contributed by atoms with Gasteiger partial charge in [-0.2, -0.15) is 10.5 Å². The molecular weight excluding hydrogens is 406 g/mol. The van der Waals surface area contributed by atoms with E-state index in [1.54, 1.807) is 18.2 Å². The van der Waals surface area contributed by atoms with Gasteiger partial charge in [-0.1, -0.05) is 0 Å². The summed E-state index contributed by atoms with van der Waals surface area (Å²) in [7, 11) is 4.52. The van der Waals surface area contributed by atoms with E-state index in [1.165, 1.54) is 25.9 Å². The molecule has 0 amide bonds. The van der Waals surface area contributed by atoms with Crippen LogP contribution in [0.25, 0.3) is 11.6 Å². The molecule has 9 heteroatoms. The van der Waals surface area contributed by atoms with Gasteiger partial charge in [-0.15, -0.1) is 11.3 Å². The molecule has 0 radical (unpaired) electrons. The van der Waals surface area contributed by atoms with Crippen molar-refractivity contribution in [2.45, 2.75) is 19.9 Å². The third-order valence-corrected chi connectivity index (χ3v) is 5.37. The normalized spacial score (nSPS) is 10.9. The first-order valence-corrected chi connectivity index (χ1v) is 10.00. The topological polar surface area (TPSA) is 106 Å². The number of aromatic nitrogens is 1. The molecule has 0 saturated heterocycles. The van der Waals surface area contributed by atoms with Crippen LogP contribution in [0.2, 0.25) is 0 Å². The van der Waals surface area contributed by atoms with Gasteiger partial charge in [0.25, 0.3) is 5.56 Å². The maximum atomic E-state index is 13.0. The number of nitrogens with zero attached hydrogens (tertiary/aromatic N) is 3. The van der Waals surface area contributed by atoms with Crippen molar-refractivity contribution in [2.75, 3.05) is 34.5 Å². The molecule has 158 valence electrons. The Morgan fingerprint density at radius 3 is 2.40 bits per heavy atom. The lowest BCUT2D eigenvalue weighted by atomic mass is 10.1. The molecule has 0 atom stereocenters. The fourth-order valence-electron chi connectivity index (χ4n) is 2.88. The molecule has 1 aromatic heterocycles. The van der Waals surface area contributed by atoms with E-state index in [9.17, 15) is 15.3 Å². The molecule has 0 aliphatic carbocycles. The van der Waals surface area contributed by atoms with Crippen molar-refractivity contribution in [1.29, 1.82) is 10.5 Å². The lowest BCUT2D eigenvalue weighted by molar-refractivity contribution is 0.141. The number of hydrogen-bond donors (Lipinski definition) is 0. The lowest BCUT2D eigenvalue weighted by Crippen LogP contribution is -2.32. The summed E-state index contributed by atoms with van der Waals surface area (Å²) < 4.78 is 23.6. The maximum absolute atomic E-state index is 13.0. The molecule has 30 heavy (non-hydrogen) atoms. The summed E-state index contributed by atoms with van der Waals surface area (Å²) >= 11 is 1.09. The van der Waals surface area contributed by atoms with Crippen molar-refractivity contribution in [3.05, 3.63) is 37.2 Å². The number of nitriles is 2. The predicted molar refractivity (Wildman–Crippen MR) is 113 cm³/mol. The van der Waals surface area contributed by atoms with E-state index in [2.05, 4.69) is 0 Å². The minimum Gasteiger partial charge on any atom is -0.493 e. The summed E-state index contributed by atoms with van der Waals surface area (Å²) in [5.41, 5.74) is 0.218. The van der Waals surface area contributed by atoms with Crippen LogP contribution in [0.15, 0.2) is 16.9 Å². The summed E-state index contributed by atoms with van der Waals surface area (Å²) in [6.07, 6.45) is 2.24. The monoisotopic (exact) mass is 429 g/mol. The van der Waals surface area contributed by atoms with Gasteiger partial charge in [-0.3, -0.25) is 9.36 Å². The highest BCUT2D eigenvalue weighted by Gasteiger charge is 2.16. The summed E-state index contributed by atoms with van der Waals surface area (Å²) in [4.78, 5) is 13.0. The maximum Gasteiger partial charge on any atom is 0.269 e. The molecule has 0 N–H and O–H groups in total. The van der Waals surface area contributed by atoms with Crippen molar-refractivity contribution in [2.24, 2.45) is 0 Å². The van der Waals surface area contributed by atoms with Crippen LogP contribution in [-0.4, -0.2) is 39.1 Å². The Labute approximate surface area is 178 Å². The zero-order chi connectivity index (χ0) is 22.1. The van der Waals surface area contributed by atoms with Crippen LogP contribution < -0.4 is 29.0 Å². The summed E-state index contributed by atoms with van der Waals surface area (Å²) in [5.74, 6) is 1.32. The molecule has 2 rings (SSSR count). The third kappa shape index (κ3) is 4.82. The summed E-state index contributed by atoms with van der Waals surface area (Å²) in [6, 6.07) is 7.20. The van der Waals surface area contributed by atoms with Gasteiger partial charge < -0.3 is 18.9 Å². The van der Waals surface area contributed by atoms with Crippen molar-refractivity contribution in [3.8, 4) is 29.4 Å². The fraction of sp³-hybridized carbons (Fsp3) is 0.381. The molecule has 1 heterocycles. The zero-order valence-corrected chi connectivity index (χ0v) is 18.2. The van der Waals surface area contributed by atoms with Crippen molar-refractivity contribution >= 4 is 23.0 Å². The van der Waals surface area contributed by atoms with E-state index >= 15 is 0 Å². The average molecular weight is 429 g/mol. The Morgan fingerprint density at radius 1 is 1.13 bits per heavy atom. The Kier molecular flexibility index (Phi) is 8.48. The number of methoxy groups -OCH3 is 3. The predicted octanol–water partition coefficient (Wildman–Crippen LogP) is 1.39. The van der Waals surface area contributed by atoms with Crippen molar-refractivity contribution < 1.29 is 18.9 Å². The van der Waals surface area contributed by atoms with Crippen LogP contribution in [0.3, 0.4) is 0 Å². The first kappa shape index (κ1) is 23.0. The van der Waals surface area contributed by atoms with Crippen molar-refractivity contribution in [1.82, 2.24) is 4.57 Å². The van der Waals surface area contributed by atoms with Gasteiger partial charge >= 0.3 is 0 Å². The first-order chi connectivity index (χ1) is 14.6. The highest BCUT2D eigenvalue weighted by atomic mass is 32.1. The highest BCUT2D eigenvalue weighted by Crippen LogP contribution is 2.39. The summed E-state index contributed by atoms with van der Waals surface area (Å²) in [6.45, 7) is 3.30. The standard InChI is InChI=1S/C21H23N3O5S/c1-5-29-10-6-9-24-20(25)17(30-21(24)15(12-22)13-23)11-14-7-8-16(26-2)19(28-4)18(14)27-3/h7-8,11H,5-6,9-10H2,1-4H3/b17-11+. The van der Waals surface area contributed by atoms with E-state index in [1.807, 2.05) is 19.1 Å². The Bertz CT molecular complexity index is 1140. The molecule has 0 aliphatic heterocycles. The van der Waals surface area contributed by atoms with E-state index in [-0.39, 0.29) is 11.1 Å². The average Bonchev–Trinajstić information content (AvgIpc) is 3.06. The van der Waals surface area contributed by atoms with Crippen LogP contribution in [-0.2, 0) is 11.3 Å². The Morgan fingerprint density at radius 2 is 1.83 bits per heavy atom. The Balaban J connectivity index is 2.71.